The van der Waals surface area contributed by atoms with Crippen molar-refractivity contribution in [2.75, 3.05) is 0 Å². The minimum atomic E-state index is -3.83. The molecule has 0 bridgehead atoms. The van der Waals surface area contributed by atoms with Crippen LogP contribution in [-0.4, -0.2) is 20.5 Å². The number of benzene rings is 1. The van der Waals surface area contributed by atoms with Gasteiger partial charge in [0.05, 0.1) is 16.6 Å². The molecule has 5 nitrogen and oxygen atoms in total. The molecule has 1 atom stereocenters. The maximum atomic E-state index is 12.0. The standard InChI is InChI=1S/C13H19NO4S/c1-4-9(3)18-13(15)12-8-11(19(14,16)17)7-6-10(12)5-2/h6-9H,4-5H2,1-3H3,(H2,14,16,17). The van der Waals surface area contributed by atoms with Gasteiger partial charge in [0.25, 0.3) is 0 Å². The van der Waals surface area contributed by atoms with E-state index in [1.54, 1.807) is 13.0 Å². The summed E-state index contributed by atoms with van der Waals surface area (Å²) >= 11 is 0. The van der Waals surface area contributed by atoms with Gasteiger partial charge in [-0.25, -0.2) is 18.4 Å². The molecule has 1 aromatic carbocycles. The molecule has 0 aliphatic heterocycles. The molecule has 1 unspecified atom stereocenters. The van der Waals surface area contributed by atoms with Gasteiger partial charge in [-0.15, -0.1) is 0 Å². The zero-order chi connectivity index (χ0) is 14.6. The van der Waals surface area contributed by atoms with Crippen LogP contribution in [0.2, 0.25) is 0 Å². The molecule has 0 radical (unpaired) electrons. The molecule has 1 rings (SSSR count). The molecular weight excluding hydrogens is 266 g/mol. The highest BCUT2D eigenvalue weighted by atomic mass is 32.2. The van der Waals surface area contributed by atoms with Crippen LogP contribution in [0.1, 0.15) is 43.1 Å². The summed E-state index contributed by atoms with van der Waals surface area (Å²) in [6.45, 7) is 5.57. The number of sulfonamides is 1. The van der Waals surface area contributed by atoms with Crippen molar-refractivity contribution in [1.82, 2.24) is 0 Å². The lowest BCUT2D eigenvalue weighted by atomic mass is 10.1. The first-order chi connectivity index (χ1) is 8.79. The average molecular weight is 285 g/mol. The second-order valence-corrected chi connectivity index (χ2v) is 5.90. The number of esters is 1. The third-order valence-corrected chi connectivity index (χ3v) is 3.80. The lowest BCUT2D eigenvalue weighted by Crippen LogP contribution is -2.18. The van der Waals surface area contributed by atoms with Crippen LogP contribution in [0.15, 0.2) is 23.1 Å². The normalized spacial score (nSPS) is 13.1. The largest absolute Gasteiger partial charge is 0.459 e. The number of nitrogens with two attached hydrogens (primary N) is 1. The molecule has 0 amide bonds. The lowest BCUT2D eigenvalue weighted by molar-refractivity contribution is 0.0333. The average Bonchev–Trinajstić information content (AvgIpc) is 2.36. The minimum Gasteiger partial charge on any atom is -0.459 e. The van der Waals surface area contributed by atoms with Gasteiger partial charge in [-0.3, -0.25) is 0 Å². The number of hydrogen-bond acceptors (Lipinski definition) is 4. The Morgan fingerprint density at radius 1 is 1.37 bits per heavy atom. The van der Waals surface area contributed by atoms with Crippen LogP contribution >= 0.6 is 0 Å². The Morgan fingerprint density at radius 3 is 2.47 bits per heavy atom. The number of rotatable bonds is 5. The Bertz CT molecular complexity index is 566. The number of carbonyl (C=O) groups excluding carboxylic acids is 1. The number of carbonyl (C=O) groups is 1. The molecule has 0 aromatic heterocycles. The Kier molecular flexibility index (Phi) is 5.08. The summed E-state index contributed by atoms with van der Waals surface area (Å²) in [7, 11) is -3.83. The monoisotopic (exact) mass is 285 g/mol. The highest BCUT2D eigenvalue weighted by Gasteiger charge is 2.18. The van der Waals surface area contributed by atoms with Crippen LogP contribution in [0.4, 0.5) is 0 Å². The maximum absolute atomic E-state index is 12.0. The number of hydrogen-bond donors (Lipinski definition) is 1. The predicted octanol–water partition coefficient (Wildman–Crippen LogP) is 1.85. The fourth-order valence-corrected chi connectivity index (χ4v) is 2.10. The van der Waals surface area contributed by atoms with Gasteiger partial charge in [0.2, 0.25) is 10.0 Å². The van der Waals surface area contributed by atoms with E-state index in [0.717, 1.165) is 5.56 Å². The predicted molar refractivity (Wildman–Crippen MR) is 72.4 cm³/mol. The van der Waals surface area contributed by atoms with Crippen molar-refractivity contribution in [3.63, 3.8) is 0 Å². The van der Waals surface area contributed by atoms with Crippen LogP contribution in [0.5, 0.6) is 0 Å². The molecular formula is C13H19NO4S. The van der Waals surface area contributed by atoms with E-state index >= 15 is 0 Å². The highest BCUT2D eigenvalue weighted by Crippen LogP contribution is 2.18. The van der Waals surface area contributed by atoms with Gasteiger partial charge in [-0.05, 0) is 37.5 Å². The van der Waals surface area contributed by atoms with Crippen molar-refractivity contribution in [3.05, 3.63) is 29.3 Å². The molecule has 6 heteroatoms. The first kappa shape index (κ1) is 15.7. The molecule has 19 heavy (non-hydrogen) atoms. The second kappa shape index (κ2) is 6.16. The molecule has 0 aliphatic rings. The molecule has 0 spiro atoms. The summed E-state index contributed by atoms with van der Waals surface area (Å²) in [5.41, 5.74) is 0.995. The Morgan fingerprint density at radius 2 is 2.00 bits per heavy atom. The van der Waals surface area contributed by atoms with E-state index in [1.165, 1.54) is 12.1 Å². The summed E-state index contributed by atoms with van der Waals surface area (Å²) in [4.78, 5) is 11.9. The van der Waals surface area contributed by atoms with E-state index in [-0.39, 0.29) is 16.6 Å². The molecule has 0 fully saturated rings. The third kappa shape index (κ3) is 4.04. The zero-order valence-corrected chi connectivity index (χ0v) is 12.2. The first-order valence-electron chi connectivity index (χ1n) is 6.16. The van der Waals surface area contributed by atoms with Gasteiger partial charge in [-0.1, -0.05) is 19.9 Å². The van der Waals surface area contributed by atoms with Crippen LogP contribution in [0, 0.1) is 0 Å². The Labute approximate surface area is 113 Å². The molecule has 2 N–H and O–H groups in total. The van der Waals surface area contributed by atoms with E-state index in [0.29, 0.717) is 12.8 Å². The topological polar surface area (TPSA) is 86.5 Å². The first-order valence-corrected chi connectivity index (χ1v) is 7.70. The van der Waals surface area contributed by atoms with Crippen LogP contribution in [0.25, 0.3) is 0 Å². The number of aryl methyl sites for hydroxylation is 1. The lowest BCUT2D eigenvalue weighted by Gasteiger charge is -2.13. The highest BCUT2D eigenvalue weighted by molar-refractivity contribution is 7.89. The van der Waals surface area contributed by atoms with E-state index < -0.39 is 16.0 Å². The van der Waals surface area contributed by atoms with Crippen LogP contribution in [-0.2, 0) is 21.2 Å². The molecule has 1 aromatic rings. The van der Waals surface area contributed by atoms with Crippen molar-refractivity contribution < 1.29 is 17.9 Å². The summed E-state index contributed by atoms with van der Waals surface area (Å²) in [6, 6.07) is 4.26. The summed E-state index contributed by atoms with van der Waals surface area (Å²) in [6.07, 6.45) is 1.09. The molecule has 106 valence electrons. The van der Waals surface area contributed by atoms with Gasteiger partial charge in [0, 0.05) is 0 Å². The van der Waals surface area contributed by atoms with Crippen molar-refractivity contribution in [1.29, 1.82) is 0 Å². The van der Waals surface area contributed by atoms with Gasteiger partial charge in [0.1, 0.15) is 0 Å². The van der Waals surface area contributed by atoms with Crippen molar-refractivity contribution >= 4 is 16.0 Å². The van der Waals surface area contributed by atoms with E-state index in [4.69, 9.17) is 9.88 Å². The fourth-order valence-electron chi connectivity index (χ4n) is 1.56. The quantitative estimate of drug-likeness (QED) is 0.836. The SMILES string of the molecule is CCc1ccc(S(N)(=O)=O)cc1C(=O)OC(C)CC. The van der Waals surface area contributed by atoms with Gasteiger partial charge in [0.15, 0.2) is 0 Å². The third-order valence-electron chi connectivity index (χ3n) is 2.89. The molecule has 0 saturated carbocycles. The van der Waals surface area contributed by atoms with Gasteiger partial charge >= 0.3 is 5.97 Å². The van der Waals surface area contributed by atoms with Crippen LogP contribution in [0.3, 0.4) is 0 Å². The van der Waals surface area contributed by atoms with Crippen molar-refractivity contribution in [2.24, 2.45) is 5.14 Å². The fraction of sp³-hybridized carbons (Fsp3) is 0.462. The summed E-state index contributed by atoms with van der Waals surface area (Å²) < 4.78 is 27.8. The van der Waals surface area contributed by atoms with E-state index in [9.17, 15) is 13.2 Å². The number of primary sulfonamides is 1. The van der Waals surface area contributed by atoms with Gasteiger partial charge < -0.3 is 4.74 Å². The smallest absolute Gasteiger partial charge is 0.338 e. The Hall–Kier alpha value is -1.40. The summed E-state index contributed by atoms with van der Waals surface area (Å²) in [5, 5.41) is 5.06. The molecule has 0 heterocycles. The van der Waals surface area contributed by atoms with Crippen molar-refractivity contribution in [2.45, 2.75) is 44.6 Å². The minimum absolute atomic E-state index is 0.0826. The van der Waals surface area contributed by atoms with Crippen molar-refractivity contribution in [3.8, 4) is 0 Å². The maximum Gasteiger partial charge on any atom is 0.338 e. The number of ether oxygens (including phenoxy) is 1. The van der Waals surface area contributed by atoms with E-state index in [2.05, 4.69) is 0 Å². The zero-order valence-electron chi connectivity index (χ0n) is 11.3. The van der Waals surface area contributed by atoms with Crippen LogP contribution < -0.4 is 5.14 Å². The van der Waals surface area contributed by atoms with E-state index in [1.807, 2.05) is 13.8 Å². The van der Waals surface area contributed by atoms with Gasteiger partial charge in [-0.2, -0.15) is 0 Å². The molecule has 0 aliphatic carbocycles. The molecule has 0 saturated heterocycles. The Balaban J connectivity index is 3.20. The second-order valence-electron chi connectivity index (χ2n) is 4.34. The summed E-state index contributed by atoms with van der Waals surface area (Å²) in [5.74, 6) is -0.517.